The molecule has 0 atom stereocenters. The Morgan fingerprint density at radius 2 is 1.56 bits per heavy atom. The molecule has 3 rings (SSSR count). The van der Waals surface area contributed by atoms with Gasteiger partial charge in [0, 0.05) is 51.5 Å². The van der Waals surface area contributed by atoms with Crippen molar-refractivity contribution >= 4 is 11.8 Å². The van der Waals surface area contributed by atoms with Gasteiger partial charge in [-0.3, -0.25) is 19.4 Å². The van der Waals surface area contributed by atoms with E-state index in [4.69, 9.17) is 0 Å². The van der Waals surface area contributed by atoms with Crippen LogP contribution in [0.25, 0.3) is 0 Å². The fraction of sp³-hybridized carbons (Fsp3) is 0.810. The maximum absolute atomic E-state index is 12.8. The zero-order valence-corrected chi connectivity index (χ0v) is 17.0. The minimum atomic E-state index is 0.225. The van der Waals surface area contributed by atoms with Crippen LogP contribution < -0.4 is 0 Å². The summed E-state index contributed by atoms with van der Waals surface area (Å²) in [5.41, 5.74) is 1.22. The molecule has 2 heterocycles. The van der Waals surface area contributed by atoms with Gasteiger partial charge in [-0.2, -0.15) is 0 Å². The fourth-order valence-electron chi connectivity index (χ4n) is 4.42. The molecule has 0 aromatic heterocycles. The minimum absolute atomic E-state index is 0.225. The lowest BCUT2D eigenvalue weighted by atomic mass is 10.0. The Morgan fingerprint density at radius 3 is 2.15 bits per heavy atom. The zero-order valence-electron chi connectivity index (χ0n) is 17.0. The molecular formula is C21H36N4O2. The van der Waals surface area contributed by atoms with E-state index in [-0.39, 0.29) is 11.8 Å². The lowest BCUT2D eigenvalue weighted by Crippen LogP contribution is -2.52. The molecular weight excluding hydrogens is 340 g/mol. The highest BCUT2D eigenvalue weighted by Crippen LogP contribution is 2.21. The van der Waals surface area contributed by atoms with E-state index in [1.165, 1.54) is 25.0 Å². The second-order valence-electron chi connectivity index (χ2n) is 8.07. The number of nitrogens with zero attached hydrogens (tertiary/aromatic N) is 4. The quantitative estimate of drug-likeness (QED) is 0.711. The van der Waals surface area contributed by atoms with E-state index in [9.17, 15) is 9.59 Å². The summed E-state index contributed by atoms with van der Waals surface area (Å²) in [7, 11) is 0. The third-order valence-electron chi connectivity index (χ3n) is 6.12. The first-order valence-electron chi connectivity index (χ1n) is 10.9. The number of allylic oxidation sites excluding steroid dienone is 2. The van der Waals surface area contributed by atoms with Gasteiger partial charge in [-0.25, -0.2) is 0 Å². The summed E-state index contributed by atoms with van der Waals surface area (Å²) < 4.78 is 0. The second kappa shape index (κ2) is 10.2. The highest BCUT2D eigenvalue weighted by molar-refractivity contribution is 5.80. The Morgan fingerprint density at radius 1 is 0.889 bits per heavy atom. The molecule has 3 aliphatic rings. The van der Waals surface area contributed by atoms with Crippen molar-refractivity contribution in [3.63, 3.8) is 0 Å². The number of rotatable bonds is 6. The number of carbonyl (C=O) groups is 2. The Bertz CT molecular complexity index is 534. The number of hydrogen-bond donors (Lipinski definition) is 0. The van der Waals surface area contributed by atoms with E-state index in [2.05, 4.69) is 22.8 Å². The molecule has 1 aliphatic carbocycles. The van der Waals surface area contributed by atoms with E-state index in [0.717, 1.165) is 71.5 Å². The van der Waals surface area contributed by atoms with Gasteiger partial charge >= 0.3 is 0 Å². The first-order valence-corrected chi connectivity index (χ1v) is 10.9. The van der Waals surface area contributed by atoms with Crippen LogP contribution >= 0.6 is 0 Å². The number of carbonyl (C=O) groups excluding carboxylic acids is 2. The van der Waals surface area contributed by atoms with Crippen molar-refractivity contribution < 1.29 is 9.59 Å². The highest BCUT2D eigenvalue weighted by atomic mass is 16.2. The third-order valence-corrected chi connectivity index (χ3v) is 6.12. The Hall–Kier alpha value is -1.40. The molecule has 2 saturated heterocycles. The van der Waals surface area contributed by atoms with Crippen LogP contribution in [0.5, 0.6) is 0 Å². The molecule has 6 nitrogen and oxygen atoms in total. The Balaban J connectivity index is 1.41. The van der Waals surface area contributed by atoms with Crippen LogP contribution in [0.15, 0.2) is 11.8 Å². The number of piperidine rings is 1. The standard InChI is InChI=1S/C21H36N4O2/c1-2-25(19-9-5-3-6-10-19)21(27)18-23-15-13-22(14-16-23)17-20(26)24-11-7-4-8-12-24/h9H,2-8,10-18H2,1H3. The summed E-state index contributed by atoms with van der Waals surface area (Å²) in [6.07, 6.45) is 10.4. The summed E-state index contributed by atoms with van der Waals surface area (Å²) >= 11 is 0. The van der Waals surface area contributed by atoms with Crippen molar-refractivity contribution in [1.29, 1.82) is 0 Å². The van der Waals surface area contributed by atoms with E-state index in [1.54, 1.807) is 0 Å². The lowest BCUT2D eigenvalue weighted by Gasteiger charge is -2.36. The average molecular weight is 377 g/mol. The molecule has 27 heavy (non-hydrogen) atoms. The van der Waals surface area contributed by atoms with Crippen LogP contribution in [0.1, 0.15) is 51.9 Å². The summed E-state index contributed by atoms with van der Waals surface area (Å²) in [6, 6.07) is 0. The van der Waals surface area contributed by atoms with Crippen LogP contribution in [0.2, 0.25) is 0 Å². The molecule has 2 aliphatic heterocycles. The number of piperazine rings is 1. The van der Waals surface area contributed by atoms with E-state index < -0.39 is 0 Å². The summed E-state index contributed by atoms with van der Waals surface area (Å²) in [4.78, 5) is 33.7. The number of hydrogen-bond acceptors (Lipinski definition) is 4. The average Bonchev–Trinajstić information content (AvgIpc) is 2.71. The van der Waals surface area contributed by atoms with Crippen LogP contribution in [0.3, 0.4) is 0 Å². The smallest absolute Gasteiger partial charge is 0.240 e. The molecule has 6 heteroatoms. The Kier molecular flexibility index (Phi) is 7.70. The van der Waals surface area contributed by atoms with E-state index in [0.29, 0.717) is 13.1 Å². The van der Waals surface area contributed by atoms with Crippen LogP contribution in [-0.2, 0) is 9.59 Å². The normalized spacial score (nSPS) is 22.4. The number of likely N-dealkylation sites (tertiary alicyclic amines) is 1. The first kappa shape index (κ1) is 20.3. The molecule has 0 aromatic carbocycles. The van der Waals surface area contributed by atoms with Gasteiger partial charge < -0.3 is 9.80 Å². The maximum atomic E-state index is 12.8. The fourth-order valence-corrected chi connectivity index (χ4v) is 4.42. The maximum Gasteiger partial charge on any atom is 0.240 e. The van der Waals surface area contributed by atoms with Gasteiger partial charge in [0.2, 0.25) is 11.8 Å². The molecule has 0 unspecified atom stereocenters. The predicted molar refractivity (Wildman–Crippen MR) is 107 cm³/mol. The predicted octanol–water partition coefficient (Wildman–Crippen LogP) is 1.92. The summed E-state index contributed by atoms with van der Waals surface area (Å²) in [6.45, 7) is 9.21. The monoisotopic (exact) mass is 376 g/mol. The van der Waals surface area contributed by atoms with Crippen molar-refractivity contribution in [3.8, 4) is 0 Å². The topological polar surface area (TPSA) is 47.1 Å². The van der Waals surface area contributed by atoms with Gasteiger partial charge in [0.05, 0.1) is 13.1 Å². The van der Waals surface area contributed by atoms with Crippen molar-refractivity contribution in [1.82, 2.24) is 19.6 Å². The van der Waals surface area contributed by atoms with Crippen LogP contribution in [0, 0.1) is 0 Å². The molecule has 0 aromatic rings. The summed E-state index contributed by atoms with van der Waals surface area (Å²) in [5, 5.41) is 0. The molecule has 0 N–H and O–H groups in total. The van der Waals surface area contributed by atoms with Gasteiger partial charge in [0.25, 0.3) is 0 Å². The number of likely N-dealkylation sites (N-methyl/N-ethyl adjacent to an activating group) is 1. The first-order chi connectivity index (χ1) is 13.2. The zero-order chi connectivity index (χ0) is 19.1. The molecule has 152 valence electrons. The van der Waals surface area contributed by atoms with Crippen molar-refractivity contribution in [2.24, 2.45) is 0 Å². The van der Waals surface area contributed by atoms with Crippen molar-refractivity contribution in [3.05, 3.63) is 11.8 Å². The molecule has 0 saturated carbocycles. The van der Waals surface area contributed by atoms with Crippen molar-refractivity contribution in [2.75, 3.05) is 58.9 Å². The largest absolute Gasteiger partial charge is 0.342 e. The van der Waals surface area contributed by atoms with E-state index >= 15 is 0 Å². The molecule has 0 bridgehead atoms. The molecule has 0 radical (unpaired) electrons. The summed E-state index contributed by atoms with van der Waals surface area (Å²) in [5.74, 6) is 0.504. The SMILES string of the molecule is CCN(C(=O)CN1CCN(CC(=O)N2CCCCC2)CC1)C1=CCCCC1. The molecule has 2 amide bonds. The van der Waals surface area contributed by atoms with Gasteiger partial charge in [0.1, 0.15) is 0 Å². The highest BCUT2D eigenvalue weighted by Gasteiger charge is 2.25. The number of amides is 2. The Labute approximate surface area is 164 Å². The van der Waals surface area contributed by atoms with Gasteiger partial charge in [-0.05, 0) is 51.9 Å². The van der Waals surface area contributed by atoms with Crippen molar-refractivity contribution in [2.45, 2.75) is 51.9 Å². The van der Waals surface area contributed by atoms with Gasteiger partial charge in [0.15, 0.2) is 0 Å². The van der Waals surface area contributed by atoms with Crippen LogP contribution in [-0.4, -0.2) is 90.3 Å². The van der Waals surface area contributed by atoms with Gasteiger partial charge in [-0.15, -0.1) is 0 Å². The third kappa shape index (κ3) is 5.79. The van der Waals surface area contributed by atoms with E-state index in [1.807, 2.05) is 9.80 Å². The van der Waals surface area contributed by atoms with Crippen LogP contribution in [0.4, 0.5) is 0 Å². The lowest BCUT2D eigenvalue weighted by molar-refractivity contribution is -0.135. The van der Waals surface area contributed by atoms with Gasteiger partial charge in [-0.1, -0.05) is 6.08 Å². The molecule has 0 spiro atoms. The molecule has 2 fully saturated rings. The minimum Gasteiger partial charge on any atom is -0.342 e. The second-order valence-corrected chi connectivity index (χ2v) is 8.07.